The van der Waals surface area contributed by atoms with Gasteiger partial charge in [0.25, 0.3) is 0 Å². The molecule has 1 aliphatic carbocycles. The van der Waals surface area contributed by atoms with Crippen LogP contribution in [0.1, 0.15) is 39.0 Å². The van der Waals surface area contributed by atoms with Crippen molar-refractivity contribution in [1.29, 1.82) is 5.26 Å². The van der Waals surface area contributed by atoms with E-state index in [-0.39, 0.29) is 23.4 Å². The zero-order valence-corrected chi connectivity index (χ0v) is 14.4. The van der Waals surface area contributed by atoms with Gasteiger partial charge < -0.3 is 5.73 Å². The Morgan fingerprint density at radius 3 is 2.40 bits per heavy atom. The van der Waals surface area contributed by atoms with Gasteiger partial charge in [0.05, 0.1) is 17.3 Å². The molecule has 1 amide bonds. The van der Waals surface area contributed by atoms with E-state index in [0.29, 0.717) is 11.3 Å². The topological polar surface area (TPSA) is 87.2 Å². The Labute approximate surface area is 148 Å². The van der Waals surface area contributed by atoms with Gasteiger partial charge in [-0.1, -0.05) is 37.5 Å². The van der Waals surface area contributed by atoms with E-state index >= 15 is 0 Å². The third-order valence-corrected chi connectivity index (χ3v) is 5.43. The SMILES string of the molecule is CC(=O)[C@H]1C(=O)N(c2ccccc2)C(N)=C(C#N)[C@H]1C1CCCCC1. The van der Waals surface area contributed by atoms with Crippen LogP contribution in [0.25, 0.3) is 0 Å². The number of nitrogens with two attached hydrogens (primary N) is 1. The molecule has 0 aromatic heterocycles. The summed E-state index contributed by atoms with van der Waals surface area (Å²) in [5.41, 5.74) is 7.24. The summed E-state index contributed by atoms with van der Waals surface area (Å²) >= 11 is 0. The maximum atomic E-state index is 13.2. The van der Waals surface area contributed by atoms with Crippen molar-refractivity contribution in [3.63, 3.8) is 0 Å². The number of hydrogen-bond acceptors (Lipinski definition) is 4. The molecule has 0 unspecified atom stereocenters. The fraction of sp³-hybridized carbons (Fsp3) is 0.450. The van der Waals surface area contributed by atoms with Crippen molar-refractivity contribution in [2.75, 3.05) is 4.90 Å². The normalized spacial score (nSPS) is 25.0. The predicted molar refractivity (Wildman–Crippen MR) is 95.0 cm³/mol. The Kier molecular flexibility index (Phi) is 4.89. The van der Waals surface area contributed by atoms with E-state index in [9.17, 15) is 14.9 Å². The monoisotopic (exact) mass is 337 g/mol. The average molecular weight is 337 g/mol. The van der Waals surface area contributed by atoms with Crippen molar-refractivity contribution in [3.05, 3.63) is 41.7 Å². The predicted octanol–water partition coefficient (Wildman–Crippen LogP) is 3.13. The van der Waals surface area contributed by atoms with Crippen LogP contribution in [0.15, 0.2) is 41.7 Å². The van der Waals surface area contributed by atoms with Gasteiger partial charge in [-0.3, -0.25) is 14.5 Å². The summed E-state index contributed by atoms with van der Waals surface area (Å²) in [5.74, 6) is -1.39. The van der Waals surface area contributed by atoms with Gasteiger partial charge in [-0.25, -0.2) is 0 Å². The number of Topliss-reactive ketones (excluding diaryl/α,β-unsaturated/α-hetero) is 1. The number of nitriles is 1. The van der Waals surface area contributed by atoms with Gasteiger partial charge in [0, 0.05) is 5.92 Å². The van der Waals surface area contributed by atoms with Crippen LogP contribution in [0.4, 0.5) is 5.69 Å². The highest BCUT2D eigenvalue weighted by molar-refractivity contribution is 6.11. The highest BCUT2D eigenvalue weighted by Crippen LogP contribution is 2.43. The number of hydrogen-bond donors (Lipinski definition) is 1. The lowest BCUT2D eigenvalue weighted by Gasteiger charge is -2.41. The van der Waals surface area contributed by atoms with Crippen molar-refractivity contribution < 1.29 is 9.59 Å². The molecule has 1 fully saturated rings. The number of carbonyl (C=O) groups is 2. The number of para-hydroxylation sites is 1. The lowest BCUT2D eigenvalue weighted by atomic mass is 9.68. The second-order valence-corrected chi connectivity index (χ2v) is 6.93. The first-order chi connectivity index (χ1) is 12.1. The number of carbonyl (C=O) groups excluding carboxylic acids is 2. The number of nitrogens with zero attached hydrogens (tertiary/aromatic N) is 2. The molecular formula is C20H23N3O2. The van der Waals surface area contributed by atoms with Crippen LogP contribution in [0.2, 0.25) is 0 Å². The van der Waals surface area contributed by atoms with Gasteiger partial charge in [0.15, 0.2) is 0 Å². The van der Waals surface area contributed by atoms with E-state index < -0.39 is 11.8 Å². The number of benzene rings is 1. The quantitative estimate of drug-likeness (QED) is 0.858. The van der Waals surface area contributed by atoms with E-state index in [0.717, 1.165) is 25.7 Å². The van der Waals surface area contributed by atoms with Crippen LogP contribution in [0.5, 0.6) is 0 Å². The summed E-state index contributed by atoms with van der Waals surface area (Å²) in [6.07, 6.45) is 5.18. The third kappa shape index (κ3) is 3.05. The van der Waals surface area contributed by atoms with Gasteiger partial charge >= 0.3 is 0 Å². The molecule has 5 heteroatoms. The third-order valence-electron chi connectivity index (χ3n) is 5.43. The second-order valence-electron chi connectivity index (χ2n) is 6.93. The molecule has 2 atom stereocenters. The summed E-state index contributed by atoms with van der Waals surface area (Å²) in [4.78, 5) is 26.9. The molecule has 1 aliphatic heterocycles. The lowest BCUT2D eigenvalue weighted by molar-refractivity contribution is -0.134. The Bertz CT molecular complexity index is 742. The molecule has 0 saturated heterocycles. The molecule has 130 valence electrons. The van der Waals surface area contributed by atoms with E-state index in [1.807, 2.05) is 6.07 Å². The van der Waals surface area contributed by atoms with Crippen molar-refractivity contribution >= 4 is 17.4 Å². The minimum Gasteiger partial charge on any atom is -0.384 e. The average Bonchev–Trinajstić information content (AvgIpc) is 2.62. The molecule has 0 radical (unpaired) electrons. The van der Waals surface area contributed by atoms with E-state index in [2.05, 4.69) is 6.07 Å². The summed E-state index contributed by atoms with van der Waals surface area (Å²) < 4.78 is 0. The molecular weight excluding hydrogens is 314 g/mol. The van der Waals surface area contributed by atoms with Crippen LogP contribution in [0.3, 0.4) is 0 Å². The summed E-state index contributed by atoms with van der Waals surface area (Å²) in [6, 6.07) is 11.2. The van der Waals surface area contributed by atoms with Gasteiger partial charge in [-0.05, 0) is 37.8 Å². The highest BCUT2D eigenvalue weighted by atomic mass is 16.2. The van der Waals surface area contributed by atoms with Crippen molar-refractivity contribution in [2.45, 2.75) is 39.0 Å². The van der Waals surface area contributed by atoms with Crippen LogP contribution in [-0.4, -0.2) is 11.7 Å². The number of amides is 1. The Balaban J connectivity index is 2.12. The Morgan fingerprint density at radius 1 is 1.20 bits per heavy atom. The number of anilines is 1. The first-order valence-electron chi connectivity index (χ1n) is 8.85. The fourth-order valence-electron chi connectivity index (χ4n) is 4.27. The number of rotatable bonds is 3. The Morgan fingerprint density at radius 2 is 1.84 bits per heavy atom. The molecule has 1 saturated carbocycles. The molecule has 2 N–H and O–H groups in total. The largest absolute Gasteiger partial charge is 0.384 e. The van der Waals surface area contributed by atoms with Crippen LogP contribution < -0.4 is 10.6 Å². The minimum absolute atomic E-state index is 0.165. The van der Waals surface area contributed by atoms with Crippen LogP contribution >= 0.6 is 0 Å². The van der Waals surface area contributed by atoms with E-state index in [4.69, 9.17) is 5.73 Å². The smallest absolute Gasteiger partial charge is 0.243 e. The minimum atomic E-state index is -0.828. The van der Waals surface area contributed by atoms with E-state index in [1.54, 1.807) is 24.3 Å². The highest BCUT2D eigenvalue weighted by Gasteiger charge is 2.47. The second kappa shape index (κ2) is 7.10. The maximum absolute atomic E-state index is 13.2. The first-order valence-corrected chi connectivity index (χ1v) is 8.85. The molecule has 2 aliphatic rings. The van der Waals surface area contributed by atoms with Gasteiger partial charge in [-0.2, -0.15) is 5.26 Å². The van der Waals surface area contributed by atoms with Gasteiger partial charge in [-0.15, -0.1) is 0 Å². The van der Waals surface area contributed by atoms with Crippen LogP contribution in [-0.2, 0) is 9.59 Å². The zero-order valence-electron chi connectivity index (χ0n) is 14.4. The fourth-order valence-corrected chi connectivity index (χ4v) is 4.27. The summed E-state index contributed by atoms with van der Waals surface area (Å²) in [5, 5.41) is 9.78. The molecule has 25 heavy (non-hydrogen) atoms. The van der Waals surface area contributed by atoms with E-state index in [1.165, 1.54) is 18.2 Å². The lowest BCUT2D eigenvalue weighted by Crippen LogP contribution is -2.51. The van der Waals surface area contributed by atoms with Gasteiger partial charge in [0.2, 0.25) is 5.91 Å². The first kappa shape index (κ1) is 17.2. The molecule has 3 rings (SSSR count). The number of allylic oxidation sites excluding steroid dienone is 1. The zero-order chi connectivity index (χ0) is 18.0. The molecule has 1 heterocycles. The van der Waals surface area contributed by atoms with Crippen molar-refractivity contribution in [3.8, 4) is 6.07 Å². The molecule has 0 spiro atoms. The summed E-state index contributed by atoms with van der Waals surface area (Å²) in [6.45, 7) is 1.44. The molecule has 0 bridgehead atoms. The summed E-state index contributed by atoms with van der Waals surface area (Å²) in [7, 11) is 0. The van der Waals surface area contributed by atoms with Crippen molar-refractivity contribution in [2.24, 2.45) is 23.5 Å². The number of ketones is 1. The standard InChI is InChI=1S/C20H23N3O2/c1-13(24)17-18(14-8-4-2-5-9-14)16(12-21)19(22)23(20(17)25)15-10-6-3-7-11-15/h3,6-7,10-11,14,17-18H,2,4-5,8-9,22H2,1H3/t17-,18-/m1/s1. The van der Waals surface area contributed by atoms with Crippen molar-refractivity contribution in [1.82, 2.24) is 0 Å². The molecule has 1 aromatic carbocycles. The molecule has 5 nitrogen and oxygen atoms in total. The Hall–Kier alpha value is -2.61. The van der Waals surface area contributed by atoms with Gasteiger partial charge in [0.1, 0.15) is 17.5 Å². The molecule has 1 aromatic rings. The van der Waals surface area contributed by atoms with Crippen LogP contribution in [0, 0.1) is 29.1 Å². The maximum Gasteiger partial charge on any atom is 0.243 e.